The van der Waals surface area contributed by atoms with Gasteiger partial charge in [0.2, 0.25) is 0 Å². The maximum absolute atomic E-state index is 11.9. The first-order valence-corrected chi connectivity index (χ1v) is 6.42. The van der Waals surface area contributed by atoms with E-state index in [1.54, 1.807) is 0 Å². The molecule has 0 aliphatic carbocycles. The number of hydrogen-bond donors (Lipinski definition) is 0. The van der Waals surface area contributed by atoms with Gasteiger partial charge in [-0.3, -0.25) is 4.79 Å². The van der Waals surface area contributed by atoms with Gasteiger partial charge in [-0.05, 0) is 32.1 Å². The zero-order valence-electron chi connectivity index (χ0n) is 11.9. The van der Waals surface area contributed by atoms with Gasteiger partial charge in [-0.25, -0.2) is 0 Å². The van der Waals surface area contributed by atoms with Gasteiger partial charge in [0.05, 0.1) is 12.0 Å². The van der Waals surface area contributed by atoms with Crippen LogP contribution in [0.25, 0.3) is 0 Å². The Labute approximate surface area is 101 Å². The fourth-order valence-electron chi connectivity index (χ4n) is 1.93. The summed E-state index contributed by atoms with van der Waals surface area (Å²) in [5, 5.41) is 0. The fraction of sp³-hybridized carbons (Fsp3) is 0.929. The SMILES string of the molecule is CCCC(C)(C)COC(=O)C(C)(C)CCC. The molecular formula is C14H28O2. The van der Waals surface area contributed by atoms with E-state index in [0.29, 0.717) is 6.61 Å². The highest BCUT2D eigenvalue weighted by molar-refractivity contribution is 5.75. The quantitative estimate of drug-likeness (QED) is 0.611. The van der Waals surface area contributed by atoms with Crippen molar-refractivity contribution in [2.24, 2.45) is 10.8 Å². The van der Waals surface area contributed by atoms with E-state index in [0.717, 1.165) is 25.7 Å². The van der Waals surface area contributed by atoms with Gasteiger partial charge in [0.1, 0.15) is 0 Å². The third-order valence-electron chi connectivity index (χ3n) is 2.95. The Kier molecular flexibility index (Phi) is 6.06. The van der Waals surface area contributed by atoms with E-state index in [9.17, 15) is 4.79 Å². The van der Waals surface area contributed by atoms with Crippen LogP contribution in [0.1, 0.15) is 67.2 Å². The molecule has 0 aromatic rings. The average molecular weight is 228 g/mol. The van der Waals surface area contributed by atoms with Crippen LogP contribution >= 0.6 is 0 Å². The molecule has 0 aromatic carbocycles. The Balaban J connectivity index is 4.16. The van der Waals surface area contributed by atoms with Crippen LogP contribution in [0.4, 0.5) is 0 Å². The molecule has 0 saturated heterocycles. The second kappa shape index (κ2) is 6.27. The number of hydrogen-bond acceptors (Lipinski definition) is 2. The molecule has 0 atom stereocenters. The van der Waals surface area contributed by atoms with Crippen molar-refractivity contribution in [2.45, 2.75) is 67.2 Å². The summed E-state index contributed by atoms with van der Waals surface area (Å²) in [6.07, 6.45) is 4.12. The molecular weight excluding hydrogens is 200 g/mol. The van der Waals surface area contributed by atoms with E-state index in [-0.39, 0.29) is 16.8 Å². The highest BCUT2D eigenvalue weighted by Crippen LogP contribution is 2.27. The highest BCUT2D eigenvalue weighted by Gasteiger charge is 2.30. The first-order valence-electron chi connectivity index (χ1n) is 6.42. The van der Waals surface area contributed by atoms with Gasteiger partial charge in [-0.1, -0.05) is 40.5 Å². The van der Waals surface area contributed by atoms with Gasteiger partial charge in [0, 0.05) is 0 Å². The lowest BCUT2D eigenvalue weighted by Gasteiger charge is -2.27. The molecule has 2 nitrogen and oxygen atoms in total. The lowest BCUT2D eigenvalue weighted by atomic mass is 9.87. The van der Waals surface area contributed by atoms with Crippen molar-refractivity contribution in [1.29, 1.82) is 0 Å². The Hall–Kier alpha value is -0.530. The Morgan fingerprint density at radius 2 is 1.50 bits per heavy atom. The zero-order valence-corrected chi connectivity index (χ0v) is 11.9. The van der Waals surface area contributed by atoms with Crippen LogP contribution in [0.3, 0.4) is 0 Å². The van der Waals surface area contributed by atoms with E-state index in [1.165, 1.54) is 0 Å². The van der Waals surface area contributed by atoms with Crippen LogP contribution in [0.5, 0.6) is 0 Å². The number of carbonyl (C=O) groups is 1. The minimum atomic E-state index is -0.336. The van der Waals surface area contributed by atoms with Crippen molar-refractivity contribution in [3.63, 3.8) is 0 Å². The first kappa shape index (κ1) is 15.5. The molecule has 96 valence electrons. The van der Waals surface area contributed by atoms with Crippen LogP contribution in [-0.2, 0) is 9.53 Å². The van der Waals surface area contributed by atoms with Crippen molar-refractivity contribution in [1.82, 2.24) is 0 Å². The second-order valence-electron chi connectivity index (χ2n) is 6.12. The molecule has 0 aliphatic rings. The molecule has 0 spiro atoms. The third-order valence-corrected chi connectivity index (χ3v) is 2.95. The Bertz CT molecular complexity index is 217. The van der Waals surface area contributed by atoms with Crippen molar-refractivity contribution in [3.8, 4) is 0 Å². The number of rotatable bonds is 7. The number of ether oxygens (including phenoxy) is 1. The van der Waals surface area contributed by atoms with Gasteiger partial charge in [0.15, 0.2) is 0 Å². The zero-order chi connectivity index (χ0) is 12.8. The predicted octanol–water partition coefficient (Wildman–Crippen LogP) is 4.18. The topological polar surface area (TPSA) is 26.3 Å². The molecule has 0 N–H and O–H groups in total. The average Bonchev–Trinajstić information content (AvgIpc) is 2.14. The van der Waals surface area contributed by atoms with Crippen LogP contribution in [0.2, 0.25) is 0 Å². The van der Waals surface area contributed by atoms with Crippen molar-refractivity contribution in [3.05, 3.63) is 0 Å². The number of carbonyl (C=O) groups excluding carboxylic acids is 1. The molecule has 0 aliphatic heterocycles. The largest absolute Gasteiger partial charge is 0.465 e. The summed E-state index contributed by atoms with van der Waals surface area (Å²) in [5.74, 6) is -0.0569. The van der Waals surface area contributed by atoms with Crippen LogP contribution in [-0.4, -0.2) is 12.6 Å². The second-order valence-corrected chi connectivity index (χ2v) is 6.12. The minimum Gasteiger partial charge on any atom is -0.465 e. The van der Waals surface area contributed by atoms with E-state index in [4.69, 9.17) is 4.74 Å². The van der Waals surface area contributed by atoms with E-state index >= 15 is 0 Å². The maximum Gasteiger partial charge on any atom is 0.311 e. The monoisotopic (exact) mass is 228 g/mol. The Morgan fingerprint density at radius 1 is 1.00 bits per heavy atom. The lowest BCUT2D eigenvalue weighted by molar-refractivity contribution is -0.157. The highest BCUT2D eigenvalue weighted by atomic mass is 16.5. The van der Waals surface area contributed by atoms with Gasteiger partial charge in [0.25, 0.3) is 0 Å². The smallest absolute Gasteiger partial charge is 0.311 e. The van der Waals surface area contributed by atoms with Crippen LogP contribution < -0.4 is 0 Å². The molecule has 0 rings (SSSR count). The maximum atomic E-state index is 11.9. The molecule has 0 radical (unpaired) electrons. The van der Waals surface area contributed by atoms with Crippen molar-refractivity contribution < 1.29 is 9.53 Å². The molecule has 0 aromatic heterocycles. The molecule has 2 heteroatoms. The van der Waals surface area contributed by atoms with E-state index in [1.807, 2.05) is 13.8 Å². The Morgan fingerprint density at radius 3 is 1.94 bits per heavy atom. The van der Waals surface area contributed by atoms with Gasteiger partial charge < -0.3 is 4.74 Å². The number of esters is 1. The van der Waals surface area contributed by atoms with E-state index < -0.39 is 0 Å². The normalized spacial score (nSPS) is 12.6. The molecule has 0 unspecified atom stereocenters. The summed E-state index contributed by atoms with van der Waals surface area (Å²) < 4.78 is 5.44. The van der Waals surface area contributed by atoms with Gasteiger partial charge in [-0.2, -0.15) is 0 Å². The summed E-state index contributed by atoms with van der Waals surface area (Å²) >= 11 is 0. The lowest BCUT2D eigenvalue weighted by Crippen LogP contribution is -2.30. The van der Waals surface area contributed by atoms with Crippen LogP contribution in [0.15, 0.2) is 0 Å². The van der Waals surface area contributed by atoms with Gasteiger partial charge >= 0.3 is 5.97 Å². The molecule has 16 heavy (non-hydrogen) atoms. The van der Waals surface area contributed by atoms with Gasteiger partial charge in [-0.15, -0.1) is 0 Å². The minimum absolute atomic E-state index is 0.0569. The molecule has 0 fully saturated rings. The standard InChI is InChI=1S/C14H28O2/c1-7-9-13(3,4)11-16-12(15)14(5,6)10-8-2/h7-11H2,1-6H3. The predicted molar refractivity (Wildman–Crippen MR) is 68.3 cm³/mol. The third kappa shape index (κ3) is 5.53. The first-order chi connectivity index (χ1) is 7.25. The molecule has 0 saturated carbocycles. The summed E-state index contributed by atoms with van der Waals surface area (Å²) in [5.41, 5.74) is -0.232. The van der Waals surface area contributed by atoms with E-state index in [2.05, 4.69) is 27.7 Å². The fourth-order valence-corrected chi connectivity index (χ4v) is 1.93. The van der Waals surface area contributed by atoms with Crippen molar-refractivity contribution in [2.75, 3.05) is 6.61 Å². The molecule has 0 amide bonds. The van der Waals surface area contributed by atoms with Crippen molar-refractivity contribution >= 4 is 5.97 Å². The molecule has 0 bridgehead atoms. The summed E-state index contributed by atoms with van der Waals surface area (Å²) in [6.45, 7) is 13.0. The summed E-state index contributed by atoms with van der Waals surface area (Å²) in [6, 6.07) is 0. The van der Waals surface area contributed by atoms with Crippen LogP contribution in [0, 0.1) is 10.8 Å². The summed E-state index contributed by atoms with van der Waals surface area (Å²) in [4.78, 5) is 11.9. The molecule has 0 heterocycles. The summed E-state index contributed by atoms with van der Waals surface area (Å²) in [7, 11) is 0.